The summed E-state index contributed by atoms with van der Waals surface area (Å²) in [5.74, 6) is -0.405. The molecule has 3 aromatic heterocycles. The molecule has 0 amide bonds. The molecular formula is C18H21FN4O2. The molecule has 3 rings (SSSR count). The van der Waals surface area contributed by atoms with E-state index >= 15 is 4.39 Å². The highest BCUT2D eigenvalue weighted by Gasteiger charge is 2.24. The largest absolute Gasteiger partial charge is 0.443 e. The van der Waals surface area contributed by atoms with Crippen LogP contribution in [-0.2, 0) is 18.2 Å². The molecule has 3 aromatic rings. The van der Waals surface area contributed by atoms with Crippen molar-refractivity contribution in [3.63, 3.8) is 0 Å². The van der Waals surface area contributed by atoms with E-state index in [0.717, 1.165) is 0 Å². The monoisotopic (exact) mass is 344 g/mol. The van der Waals surface area contributed by atoms with Crippen LogP contribution in [0.4, 0.5) is 9.18 Å². The summed E-state index contributed by atoms with van der Waals surface area (Å²) < 4.78 is 23.5. The highest BCUT2D eigenvalue weighted by molar-refractivity contribution is 5.92. The summed E-state index contributed by atoms with van der Waals surface area (Å²) in [6.07, 6.45) is 6.33. The molecule has 3 heterocycles. The van der Waals surface area contributed by atoms with E-state index in [1.165, 1.54) is 10.8 Å². The van der Waals surface area contributed by atoms with E-state index in [1.807, 2.05) is 6.92 Å². The van der Waals surface area contributed by atoms with E-state index in [0.29, 0.717) is 28.5 Å². The molecule has 132 valence electrons. The molecule has 25 heavy (non-hydrogen) atoms. The summed E-state index contributed by atoms with van der Waals surface area (Å²) in [5.41, 5.74) is 1.32. The van der Waals surface area contributed by atoms with Crippen molar-refractivity contribution in [2.75, 3.05) is 0 Å². The topological polar surface area (TPSA) is 61.9 Å². The lowest BCUT2D eigenvalue weighted by atomic mass is 10.1. The fourth-order valence-electron chi connectivity index (χ4n) is 2.71. The number of aromatic nitrogens is 4. The van der Waals surface area contributed by atoms with Crippen molar-refractivity contribution in [3.05, 3.63) is 36.2 Å². The first kappa shape index (κ1) is 17.1. The van der Waals surface area contributed by atoms with Gasteiger partial charge in [0.1, 0.15) is 11.4 Å². The molecule has 0 fully saturated rings. The lowest BCUT2D eigenvalue weighted by Crippen LogP contribution is -2.26. The van der Waals surface area contributed by atoms with Gasteiger partial charge in [-0.3, -0.25) is 4.68 Å². The first-order valence-electron chi connectivity index (χ1n) is 8.12. The number of ether oxygens (including phenoxy) is 1. The molecular weight excluding hydrogens is 323 g/mol. The molecule has 0 bridgehead atoms. The average Bonchev–Trinajstić information content (AvgIpc) is 3.10. The second kappa shape index (κ2) is 5.98. The van der Waals surface area contributed by atoms with Gasteiger partial charge in [-0.15, -0.1) is 0 Å². The van der Waals surface area contributed by atoms with E-state index < -0.39 is 17.5 Å². The first-order valence-corrected chi connectivity index (χ1v) is 8.12. The molecule has 0 saturated carbocycles. The van der Waals surface area contributed by atoms with Gasteiger partial charge in [0.2, 0.25) is 0 Å². The minimum Gasteiger partial charge on any atom is -0.443 e. The summed E-state index contributed by atoms with van der Waals surface area (Å²) in [7, 11) is 1.77. The number of hydrogen-bond acceptors (Lipinski definition) is 4. The van der Waals surface area contributed by atoms with Crippen LogP contribution in [-0.4, -0.2) is 31.0 Å². The van der Waals surface area contributed by atoms with Crippen molar-refractivity contribution in [2.24, 2.45) is 7.05 Å². The van der Waals surface area contributed by atoms with Gasteiger partial charge in [0, 0.05) is 36.8 Å². The highest BCUT2D eigenvalue weighted by atomic mass is 19.1. The summed E-state index contributed by atoms with van der Waals surface area (Å²) >= 11 is 0. The van der Waals surface area contributed by atoms with E-state index in [9.17, 15) is 4.79 Å². The van der Waals surface area contributed by atoms with Crippen LogP contribution in [0.5, 0.6) is 0 Å². The number of halogens is 1. The Labute approximate surface area is 145 Å². The minimum absolute atomic E-state index is 0.260. The maximum absolute atomic E-state index is 15.2. The Morgan fingerprint density at radius 1 is 1.28 bits per heavy atom. The third-order valence-electron chi connectivity index (χ3n) is 3.82. The van der Waals surface area contributed by atoms with Gasteiger partial charge in [-0.1, -0.05) is 6.92 Å². The quantitative estimate of drug-likeness (QED) is 0.707. The first-order chi connectivity index (χ1) is 11.7. The van der Waals surface area contributed by atoms with Crippen molar-refractivity contribution in [1.82, 2.24) is 19.3 Å². The zero-order valence-corrected chi connectivity index (χ0v) is 15.0. The summed E-state index contributed by atoms with van der Waals surface area (Å²) in [4.78, 5) is 16.8. The van der Waals surface area contributed by atoms with Gasteiger partial charge in [0.25, 0.3) is 0 Å². The number of carbonyl (C=O) groups is 1. The van der Waals surface area contributed by atoms with E-state index in [2.05, 4.69) is 10.1 Å². The zero-order valence-electron chi connectivity index (χ0n) is 15.0. The van der Waals surface area contributed by atoms with Crippen LogP contribution in [0.2, 0.25) is 0 Å². The van der Waals surface area contributed by atoms with Gasteiger partial charge in [0.15, 0.2) is 5.65 Å². The van der Waals surface area contributed by atoms with Gasteiger partial charge < -0.3 is 4.74 Å². The molecule has 0 aliphatic rings. The summed E-state index contributed by atoms with van der Waals surface area (Å²) in [6, 6.07) is 0. The second-order valence-corrected chi connectivity index (χ2v) is 6.95. The van der Waals surface area contributed by atoms with Gasteiger partial charge in [-0.05, 0) is 32.8 Å². The number of nitrogens with zero attached hydrogens (tertiary/aromatic N) is 4. The molecule has 0 aromatic carbocycles. The van der Waals surface area contributed by atoms with Crippen molar-refractivity contribution in [2.45, 2.75) is 39.7 Å². The molecule has 7 heteroatoms. The Kier molecular flexibility index (Phi) is 4.10. The maximum Gasteiger partial charge on any atom is 0.420 e. The van der Waals surface area contributed by atoms with Crippen molar-refractivity contribution < 1.29 is 13.9 Å². The molecule has 0 saturated heterocycles. The third kappa shape index (κ3) is 3.14. The van der Waals surface area contributed by atoms with Crippen LogP contribution < -0.4 is 0 Å². The van der Waals surface area contributed by atoms with Crippen molar-refractivity contribution >= 4 is 17.1 Å². The number of pyridine rings is 1. The fourth-order valence-corrected chi connectivity index (χ4v) is 2.71. The average molecular weight is 344 g/mol. The van der Waals surface area contributed by atoms with Gasteiger partial charge in [-0.25, -0.2) is 18.7 Å². The Morgan fingerprint density at radius 2 is 2.00 bits per heavy atom. The molecule has 0 N–H and O–H groups in total. The Bertz CT molecular complexity index is 950. The number of carbonyl (C=O) groups excluding carboxylic acids is 1. The maximum atomic E-state index is 15.2. The molecule has 0 radical (unpaired) electrons. The van der Waals surface area contributed by atoms with Crippen LogP contribution in [0, 0.1) is 5.82 Å². The molecule has 0 spiro atoms. The lowest BCUT2D eigenvalue weighted by Gasteiger charge is -2.19. The zero-order chi connectivity index (χ0) is 18.4. The Morgan fingerprint density at radius 3 is 2.56 bits per heavy atom. The van der Waals surface area contributed by atoms with Gasteiger partial charge >= 0.3 is 6.09 Å². The predicted molar refractivity (Wildman–Crippen MR) is 92.9 cm³/mol. The van der Waals surface area contributed by atoms with Crippen LogP contribution >= 0.6 is 0 Å². The summed E-state index contributed by atoms with van der Waals surface area (Å²) in [6.45, 7) is 7.26. The highest BCUT2D eigenvalue weighted by Crippen LogP contribution is 2.31. The molecule has 0 atom stereocenters. The second-order valence-electron chi connectivity index (χ2n) is 6.95. The number of aryl methyl sites for hydroxylation is 2. The predicted octanol–water partition coefficient (Wildman–Crippen LogP) is 3.92. The van der Waals surface area contributed by atoms with Crippen molar-refractivity contribution in [3.8, 4) is 11.1 Å². The van der Waals surface area contributed by atoms with E-state index in [1.54, 1.807) is 51.1 Å². The number of rotatable bonds is 2. The van der Waals surface area contributed by atoms with Gasteiger partial charge in [-0.2, -0.15) is 5.10 Å². The van der Waals surface area contributed by atoms with Crippen LogP contribution in [0.25, 0.3) is 22.2 Å². The smallest absolute Gasteiger partial charge is 0.420 e. The standard InChI is InChI=1S/C18H21FN4O2/c1-6-11-10-23(17(24)25-18(2,3)4)16-14(11)15(19)13(8-20-16)12-7-21-22(5)9-12/h7-10H,6H2,1-5H3. The molecule has 0 aliphatic carbocycles. The Hall–Kier alpha value is -2.70. The Balaban J connectivity index is 2.17. The molecule has 6 nitrogen and oxygen atoms in total. The van der Waals surface area contributed by atoms with Crippen LogP contribution in [0.3, 0.4) is 0 Å². The number of hydrogen-bond donors (Lipinski definition) is 0. The minimum atomic E-state index is -0.645. The van der Waals surface area contributed by atoms with Crippen molar-refractivity contribution in [1.29, 1.82) is 0 Å². The molecule has 0 aliphatic heterocycles. The molecule has 0 unspecified atom stereocenters. The lowest BCUT2D eigenvalue weighted by molar-refractivity contribution is 0.0543. The summed E-state index contributed by atoms with van der Waals surface area (Å²) in [5, 5.41) is 4.42. The fraction of sp³-hybridized carbons (Fsp3) is 0.389. The van der Waals surface area contributed by atoms with Crippen LogP contribution in [0.1, 0.15) is 33.3 Å². The van der Waals surface area contributed by atoms with E-state index in [-0.39, 0.29) is 5.65 Å². The van der Waals surface area contributed by atoms with E-state index in [4.69, 9.17) is 4.74 Å². The van der Waals surface area contributed by atoms with Crippen LogP contribution in [0.15, 0.2) is 24.8 Å². The number of fused-ring (bicyclic) bond motifs is 1. The normalized spacial score (nSPS) is 11.9. The van der Waals surface area contributed by atoms with Gasteiger partial charge in [0.05, 0.1) is 11.6 Å². The SMILES string of the molecule is CCc1cn(C(=O)OC(C)(C)C)c2ncc(-c3cnn(C)c3)c(F)c12. The third-order valence-corrected chi connectivity index (χ3v) is 3.82.